The number of amides is 1. The number of imidazole rings is 1. The second-order valence-corrected chi connectivity index (χ2v) is 8.53. The number of aryl methyl sites for hydroxylation is 1. The Balaban J connectivity index is 1.40. The summed E-state index contributed by atoms with van der Waals surface area (Å²) < 4.78 is 2.11. The zero-order valence-corrected chi connectivity index (χ0v) is 16.5. The van der Waals surface area contributed by atoms with Gasteiger partial charge in [-0.2, -0.15) is 0 Å². The maximum atomic E-state index is 12.7. The van der Waals surface area contributed by atoms with Crippen LogP contribution in [0.1, 0.15) is 69.2 Å². The van der Waals surface area contributed by atoms with Crippen molar-refractivity contribution >= 4 is 5.91 Å². The number of benzene rings is 1. The van der Waals surface area contributed by atoms with Crippen molar-refractivity contribution in [3.05, 3.63) is 54.1 Å². The summed E-state index contributed by atoms with van der Waals surface area (Å²) in [5.41, 5.74) is 1.39. The Morgan fingerprint density at radius 1 is 1.19 bits per heavy atom. The summed E-state index contributed by atoms with van der Waals surface area (Å²) in [5, 5.41) is 3.40. The lowest BCUT2D eigenvalue weighted by molar-refractivity contribution is -0.125. The molecule has 1 heterocycles. The molecular weight excluding hydrogens is 334 g/mol. The first-order chi connectivity index (χ1) is 13.1. The maximum Gasteiger partial charge on any atom is 0.222 e. The fourth-order valence-corrected chi connectivity index (χ4v) is 5.28. The van der Waals surface area contributed by atoms with Crippen LogP contribution in [0.15, 0.2) is 42.7 Å². The zero-order chi connectivity index (χ0) is 18.8. The van der Waals surface area contributed by atoms with E-state index in [4.69, 9.17) is 0 Å². The highest BCUT2D eigenvalue weighted by Crippen LogP contribution is 2.54. The van der Waals surface area contributed by atoms with Gasteiger partial charge in [-0.15, -0.1) is 0 Å². The summed E-state index contributed by atoms with van der Waals surface area (Å²) in [6, 6.07) is 11.1. The van der Waals surface area contributed by atoms with Crippen LogP contribution >= 0.6 is 0 Å². The highest BCUT2D eigenvalue weighted by molar-refractivity contribution is 5.76. The molecule has 0 aliphatic heterocycles. The van der Waals surface area contributed by atoms with E-state index in [9.17, 15) is 4.79 Å². The van der Waals surface area contributed by atoms with E-state index < -0.39 is 0 Å². The van der Waals surface area contributed by atoms with E-state index in [2.05, 4.69) is 59.0 Å². The molecule has 0 saturated heterocycles. The minimum absolute atomic E-state index is 0.174. The van der Waals surface area contributed by atoms with Gasteiger partial charge in [0.15, 0.2) is 0 Å². The standard InChI is InChI=1S/C23H31N3O/c1-16(2)23-24-13-15-26(23)14-12-20(27)25-22-19-11-7-6-10-18(19)21(22)17-8-4-3-5-9-17/h3-5,8-9,13,15-16,18-19,21-22H,6-7,10-12,14H2,1-2H3,(H,25,27)/t18-,19+,21+,22+/m1/s1. The third-order valence-electron chi connectivity index (χ3n) is 6.54. The minimum Gasteiger partial charge on any atom is -0.352 e. The Labute approximate surface area is 162 Å². The molecule has 2 fully saturated rings. The number of nitrogens with one attached hydrogen (secondary N) is 1. The van der Waals surface area contributed by atoms with Crippen LogP contribution in [0.4, 0.5) is 0 Å². The number of rotatable bonds is 6. The van der Waals surface area contributed by atoms with Crippen molar-refractivity contribution in [3.63, 3.8) is 0 Å². The molecular formula is C23H31N3O. The Kier molecular flexibility index (Phi) is 5.33. The van der Waals surface area contributed by atoms with Crippen molar-refractivity contribution in [2.24, 2.45) is 11.8 Å². The van der Waals surface area contributed by atoms with Gasteiger partial charge in [0.05, 0.1) is 0 Å². The third-order valence-corrected chi connectivity index (χ3v) is 6.54. The average molecular weight is 366 g/mol. The predicted molar refractivity (Wildman–Crippen MR) is 107 cm³/mol. The molecule has 1 N–H and O–H groups in total. The number of nitrogens with zero attached hydrogens (tertiary/aromatic N) is 2. The van der Waals surface area contributed by atoms with Gasteiger partial charge in [-0.25, -0.2) is 4.98 Å². The van der Waals surface area contributed by atoms with Crippen LogP contribution in [-0.4, -0.2) is 21.5 Å². The Morgan fingerprint density at radius 2 is 1.93 bits per heavy atom. The zero-order valence-electron chi connectivity index (χ0n) is 16.5. The fraction of sp³-hybridized carbons (Fsp3) is 0.565. The van der Waals surface area contributed by atoms with E-state index >= 15 is 0 Å². The summed E-state index contributed by atoms with van der Waals surface area (Å²) in [6.45, 7) is 4.98. The number of carbonyl (C=O) groups excluding carboxylic acids is 1. The highest BCUT2D eigenvalue weighted by atomic mass is 16.1. The van der Waals surface area contributed by atoms with E-state index in [1.54, 1.807) is 0 Å². The number of hydrogen-bond donors (Lipinski definition) is 1. The SMILES string of the molecule is CC(C)c1nccn1CCC(=O)N[C@H]1[C@H]2CCCC[C@H]2[C@@H]1c1ccccc1. The van der Waals surface area contributed by atoms with Gasteiger partial charge in [0.1, 0.15) is 5.82 Å². The maximum absolute atomic E-state index is 12.7. The van der Waals surface area contributed by atoms with E-state index in [1.165, 1.54) is 31.2 Å². The van der Waals surface area contributed by atoms with Crippen LogP contribution in [0.25, 0.3) is 0 Å². The van der Waals surface area contributed by atoms with Gasteiger partial charge in [-0.05, 0) is 30.2 Å². The average Bonchev–Trinajstić information content (AvgIpc) is 3.15. The number of aromatic nitrogens is 2. The molecule has 4 atom stereocenters. The molecule has 4 rings (SSSR count). The molecule has 2 aliphatic carbocycles. The largest absolute Gasteiger partial charge is 0.352 e. The molecule has 0 radical (unpaired) electrons. The first-order valence-corrected chi connectivity index (χ1v) is 10.5. The van der Waals surface area contributed by atoms with Crippen LogP contribution in [0.5, 0.6) is 0 Å². The Hall–Kier alpha value is -2.10. The van der Waals surface area contributed by atoms with Crippen LogP contribution in [-0.2, 0) is 11.3 Å². The Morgan fingerprint density at radius 3 is 2.67 bits per heavy atom. The predicted octanol–water partition coefficient (Wildman–Crippen LogP) is 4.49. The smallest absolute Gasteiger partial charge is 0.222 e. The van der Waals surface area contributed by atoms with E-state index in [-0.39, 0.29) is 5.91 Å². The van der Waals surface area contributed by atoms with Crippen molar-refractivity contribution in [1.82, 2.24) is 14.9 Å². The van der Waals surface area contributed by atoms with Gasteiger partial charge in [-0.1, -0.05) is 57.0 Å². The quantitative estimate of drug-likeness (QED) is 0.820. The highest BCUT2D eigenvalue weighted by Gasteiger charge is 2.51. The van der Waals surface area contributed by atoms with E-state index in [0.29, 0.717) is 36.8 Å². The first kappa shape index (κ1) is 18.3. The Bertz CT molecular complexity index is 767. The third kappa shape index (κ3) is 3.67. The number of hydrogen-bond acceptors (Lipinski definition) is 2. The summed E-state index contributed by atoms with van der Waals surface area (Å²) in [7, 11) is 0. The number of carbonyl (C=O) groups is 1. The second kappa shape index (κ2) is 7.87. The monoisotopic (exact) mass is 365 g/mol. The molecule has 0 bridgehead atoms. The molecule has 4 nitrogen and oxygen atoms in total. The van der Waals surface area contributed by atoms with Crippen LogP contribution in [0, 0.1) is 11.8 Å². The second-order valence-electron chi connectivity index (χ2n) is 8.53. The number of fused-ring (bicyclic) bond motifs is 1. The molecule has 27 heavy (non-hydrogen) atoms. The summed E-state index contributed by atoms with van der Waals surface area (Å²) >= 11 is 0. The molecule has 0 unspecified atom stereocenters. The summed E-state index contributed by atoms with van der Waals surface area (Å²) in [5.74, 6) is 3.49. The first-order valence-electron chi connectivity index (χ1n) is 10.5. The van der Waals surface area contributed by atoms with Crippen LogP contribution in [0.2, 0.25) is 0 Å². The molecule has 2 aromatic rings. The van der Waals surface area contributed by atoms with Crippen molar-refractivity contribution in [3.8, 4) is 0 Å². The normalized spacial score (nSPS) is 27.1. The molecule has 0 spiro atoms. The van der Waals surface area contributed by atoms with Gasteiger partial charge in [0.25, 0.3) is 0 Å². The lowest BCUT2D eigenvalue weighted by atomic mass is 9.53. The van der Waals surface area contributed by atoms with Crippen molar-refractivity contribution < 1.29 is 4.79 Å². The minimum atomic E-state index is 0.174. The van der Waals surface area contributed by atoms with E-state index in [1.807, 2.05) is 12.4 Å². The lowest BCUT2D eigenvalue weighted by Crippen LogP contribution is -2.59. The summed E-state index contributed by atoms with van der Waals surface area (Å²) in [6.07, 6.45) is 9.55. The molecule has 4 heteroatoms. The topological polar surface area (TPSA) is 46.9 Å². The lowest BCUT2D eigenvalue weighted by Gasteiger charge is -2.55. The molecule has 144 valence electrons. The molecule has 2 saturated carbocycles. The van der Waals surface area contributed by atoms with Crippen molar-refractivity contribution in [2.45, 2.75) is 70.4 Å². The van der Waals surface area contributed by atoms with E-state index in [0.717, 1.165) is 11.7 Å². The molecule has 1 aromatic heterocycles. The molecule has 2 aliphatic rings. The van der Waals surface area contributed by atoms with Gasteiger partial charge in [0, 0.05) is 43.2 Å². The van der Waals surface area contributed by atoms with Crippen molar-refractivity contribution in [2.75, 3.05) is 0 Å². The van der Waals surface area contributed by atoms with Crippen LogP contribution in [0.3, 0.4) is 0 Å². The van der Waals surface area contributed by atoms with Gasteiger partial charge >= 0.3 is 0 Å². The van der Waals surface area contributed by atoms with Crippen LogP contribution < -0.4 is 5.32 Å². The molecule has 1 aromatic carbocycles. The van der Waals surface area contributed by atoms with Gasteiger partial charge < -0.3 is 9.88 Å². The van der Waals surface area contributed by atoms with Gasteiger partial charge in [-0.3, -0.25) is 4.79 Å². The fourth-order valence-electron chi connectivity index (χ4n) is 5.28. The van der Waals surface area contributed by atoms with Crippen molar-refractivity contribution in [1.29, 1.82) is 0 Å². The summed E-state index contributed by atoms with van der Waals surface area (Å²) in [4.78, 5) is 17.1. The molecule has 1 amide bonds. The van der Waals surface area contributed by atoms with Gasteiger partial charge in [0.2, 0.25) is 5.91 Å².